The molecular formula is C13H14N4O3S. The van der Waals surface area contributed by atoms with Crippen molar-refractivity contribution in [2.45, 2.75) is 23.9 Å². The molecule has 1 aliphatic rings. The van der Waals surface area contributed by atoms with Crippen LogP contribution in [0.25, 0.3) is 0 Å². The van der Waals surface area contributed by atoms with Gasteiger partial charge in [0.2, 0.25) is 12.7 Å². The largest absolute Gasteiger partial charge is 0.454 e. The first kappa shape index (κ1) is 13.7. The van der Waals surface area contributed by atoms with Gasteiger partial charge in [-0.3, -0.25) is 9.89 Å². The van der Waals surface area contributed by atoms with Crippen molar-refractivity contribution in [1.82, 2.24) is 20.5 Å². The van der Waals surface area contributed by atoms with Crippen LogP contribution < -0.4 is 14.8 Å². The topological polar surface area (TPSA) is 89.1 Å². The van der Waals surface area contributed by atoms with Crippen molar-refractivity contribution in [2.75, 3.05) is 6.79 Å². The second-order valence-electron chi connectivity index (χ2n) is 4.46. The van der Waals surface area contributed by atoms with Gasteiger partial charge in [-0.2, -0.15) is 5.10 Å². The summed E-state index contributed by atoms with van der Waals surface area (Å²) in [4.78, 5) is 16.0. The van der Waals surface area contributed by atoms with Crippen molar-refractivity contribution >= 4 is 17.7 Å². The van der Waals surface area contributed by atoms with Gasteiger partial charge in [0.05, 0.1) is 5.25 Å². The Morgan fingerprint density at radius 3 is 3.14 bits per heavy atom. The molecule has 3 rings (SSSR count). The van der Waals surface area contributed by atoms with E-state index < -0.39 is 0 Å². The van der Waals surface area contributed by atoms with Gasteiger partial charge in [0.1, 0.15) is 6.33 Å². The Bertz CT molecular complexity index is 632. The van der Waals surface area contributed by atoms with Crippen LogP contribution in [-0.4, -0.2) is 33.1 Å². The predicted molar refractivity (Wildman–Crippen MR) is 76.1 cm³/mol. The quantitative estimate of drug-likeness (QED) is 0.810. The van der Waals surface area contributed by atoms with E-state index in [0.717, 1.165) is 11.3 Å². The fourth-order valence-corrected chi connectivity index (χ4v) is 2.59. The van der Waals surface area contributed by atoms with E-state index in [1.165, 1.54) is 18.1 Å². The minimum Gasteiger partial charge on any atom is -0.454 e. The van der Waals surface area contributed by atoms with Gasteiger partial charge >= 0.3 is 0 Å². The first-order chi connectivity index (χ1) is 10.2. The van der Waals surface area contributed by atoms with E-state index in [1.54, 1.807) is 0 Å². The van der Waals surface area contributed by atoms with Crippen LogP contribution in [0.4, 0.5) is 0 Å². The Morgan fingerprint density at radius 2 is 2.33 bits per heavy atom. The zero-order chi connectivity index (χ0) is 14.7. The Labute approximate surface area is 125 Å². The van der Waals surface area contributed by atoms with Gasteiger partial charge in [-0.1, -0.05) is 17.8 Å². The van der Waals surface area contributed by atoms with E-state index in [-0.39, 0.29) is 18.0 Å². The number of aromatic amines is 1. The summed E-state index contributed by atoms with van der Waals surface area (Å²) >= 11 is 1.33. The van der Waals surface area contributed by atoms with Crippen molar-refractivity contribution in [1.29, 1.82) is 0 Å². The predicted octanol–water partition coefficient (Wildman–Crippen LogP) is 1.33. The third-order valence-electron chi connectivity index (χ3n) is 2.95. The first-order valence-corrected chi connectivity index (χ1v) is 7.28. The smallest absolute Gasteiger partial charge is 0.233 e. The number of H-pyrrole nitrogens is 1. The number of benzene rings is 1. The lowest BCUT2D eigenvalue weighted by Gasteiger charge is -2.10. The van der Waals surface area contributed by atoms with Crippen molar-refractivity contribution in [3.8, 4) is 11.5 Å². The molecule has 0 spiro atoms. The molecule has 0 saturated carbocycles. The van der Waals surface area contributed by atoms with Gasteiger partial charge in [0.15, 0.2) is 16.7 Å². The third kappa shape index (κ3) is 3.27. The molecule has 21 heavy (non-hydrogen) atoms. The van der Waals surface area contributed by atoms with Crippen LogP contribution in [0.2, 0.25) is 0 Å². The van der Waals surface area contributed by atoms with E-state index in [4.69, 9.17) is 9.47 Å². The molecule has 0 bridgehead atoms. The van der Waals surface area contributed by atoms with Crippen LogP contribution in [0, 0.1) is 0 Å². The minimum atomic E-state index is -0.257. The molecule has 110 valence electrons. The second-order valence-corrected chi connectivity index (χ2v) is 5.79. The molecule has 1 aliphatic heterocycles. The Hall–Kier alpha value is -2.22. The number of nitrogens with zero attached hydrogens (tertiary/aromatic N) is 2. The van der Waals surface area contributed by atoms with Gasteiger partial charge in [0, 0.05) is 6.54 Å². The maximum absolute atomic E-state index is 12.0. The molecule has 1 aromatic heterocycles. The molecule has 0 radical (unpaired) electrons. The molecule has 0 fully saturated rings. The lowest BCUT2D eigenvalue weighted by Crippen LogP contribution is -2.30. The van der Waals surface area contributed by atoms with Gasteiger partial charge in [0.25, 0.3) is 0 Å². The standard InChI is InChI=1S/C13H14N4O3S/c1-8(21-13-15-6-16-17-13)12(18)14-5-9-2-3-10-11(4-9)20-7-19-10/h2-4,6,8H,5,7H2,1H3,(H,14,18)(H,15,16,17)/t8-/m1/s1. The molecule has 1 amide bonds. The normalized spacial score (nSPS) is 14.0. The zero-order valence-electron chi connectivity index (χ0n) is 11.3. The van der Waals surface area contributed by atoms with E-state index in [9.17, 15) is 4.79 Å². The number of fused-ring (bicyclic) bond motifs is 1. The SMILES string of the molecule is C[C@@H](Sc1ncn[nH]1)C(=O)NCc1ccc2c(c1)OCO2. The second kappa shape index (κ2) is 6.04. The lowest BCUT2D eigenvalue weighted by molar-refractivity contribution is -0.120. The van der Waals surface area contributed by atoms with Crippen LogP contribution in [-0.2, 0) is 11.3 Å². The number of thioether (sulfide) groups is 1. The van der Waals surface area contributed by atoms with Crippen LogP contribution in [0.5, 0.6) is 11.5 Å². The van der Waals surface area contributed by atoms with Crippen molar-refractivity contribution in [2.24, 2.45) is 0 Å². The number of amides is 1. The highest BCUT2D eigenvalue weighted by molar-refractivity contribution is 8.00. The number of aromatic nitrogens is 3. The maximum atomic E-state index is 12.0. The third-order valence-corrected chi connectivity index (χ3v) is 3.94. The molecule has 2 heterocycles. The summed E-state index contributed by atoms with van der Waals surface area (Å²) in [6, 6.07) is 5.62. The van der Waals surface area contributed by atoms with E-state index in [1.807, 2.05) is 25.1 Å². The average molecular weight is 306 g/mol. The molecule has 2 aromatic rings. The molecule has 0 aliphatic carbocycles. The molecular weight excluding hydrogens is 292 g/mol. The summed E-state index contributed by atoms with van der Waals surface area (Å²) < 4.78 is 10.6. The Kier molecular flexibility index (Phi) is 3.96. The van der Waals surface area contributed by atoms with E-state index >= 15 is 0 Å². The molecule has 1 aromatic carbocycles. The van der Waals surface area contributed by atoms with Crippen molar-refractivity contribution in [3.63, 3.8) is 0 Å². The Balaban J connectivity index is 1.53. The zero-order valence-corrected chi connectivity index (χ0v) is 12.1. The number of ether oxygens (including phenoxy) is 2. The number of hydrogen-bond acceptors (Lipinski definition) is 6. The fourth-order valence-electron chi connectivity index (χ4n) is 1.86. The molecule has 0 saturated heterocycles. The number of carbonyl (C=O) groups is 1. The number of nitrogens with one attached hydrogen (secondary N) is 2. The lowest BCUT2D eigenvalue weighted by atomic mass is 10.2. The van der Waals surface area contributed by atoms with Gasteiger partial charge in [-0.05, 0) is 24.6 Å². The molecule has 2 N–H and O–H groups in total. The van der Waals surface area contributed by atoms with Crippen molar-refractivity contribution < 1.29 is 14.3 Å². The van der Waals surface area contributed by atoms with Gasteiger partial charge < -0.3 is 14.8 Å². The number of rotatable bonds is 5. The summed E-state index contributed by atoms with van der Waals surface area (Å²) in [7, 11) is 0. The number of carbonyl (C=O) groups excluding carboxylic acids is 1. The van der Waals surface area contributed by atoms with Crippen LogP contribution in [0.3, 0.4) is 0 Å². The number of hydrogen-bond donors (Lipinski definition) is 2. The van der Waals surface area contributed by atoms with Crippen LogP contribution >= 0.6 is 11.8 Å². The average Bonchev–Trinajstić information content (AvgIpc) is 3.14. The monoisotopic (exact) mass is 306 g/mol. The minimum absolute atomic E-state index is 0.0610. The fraction of sp³-hybridized carbons (Fsp3) is 0.308. The molecule has 7 nitrogen and oxygen atoms in total. The van der Waals surface area contributed by atoms with Crippen molar-refractivity contribution in [3.05, 3.63) is 30.1 Å². The first-order valence-electron chi connectivity index (χ1n) is 6.40. The summed E-state index contributed by atoms with van der Waals surface area (Å²) in [5.41, 5.74) is 0.962. The maximum Gasteiger partial charge on any atom is 0.233 e. The highest BCUT2D eigenvalue weighted by Crippen LogP contribution is 2.32. The highest BCUT2D eigenvalue weighted by Gasteiger charge is 2.17. The summed E-state index contributed by atoms with van der Waals surface area (Å²) in [5, 5.41) is 9.72. The van der Waals surface area contributed by atoms with E-state index in [0.29, 0.717) is 17.5 Å². The summed E-state index contributed by atoms with van der Waals surface area (Å²) in [6.07, 6.45) is 1.42. The van der Waals surface area contributed by atoms with Gasteiger partial charge in [-0.25, -0.2) is 4.98 Å². The van der Waals surface area contributed by atoms with Gasteiger partial charge in [-0.15, -0.1) is 0 Å². The summed E-state index contributed by atoms with van der Waals surface area (Å²) in [6.45, 7) is 2.51. The molecule has 8 heteroatoms. The highest BCUT2D eigenvalue weighted by atomic mass is 32.2. The molecule has 0 unspecified atom stereocenters. The summed E-state index contributed by atoms with van der Waals surface area (Å²) in [5.74, 6) is 1.39. The molecule has 1 atom stereocenters. The van der Waals surface area contributed by atoms with E-state index in [2.05, 4.69) is 20.5 Å². The van der Waals surface area contributed by atoms with Crippen LogP contribution in [0.1, 0.15) is 12.5 Å². The Morgan fingerprint density at radius 1 is 1.48 bits per heavy atom. The van der Waals surface area contributed by atoms with Crippen LogP contribution in [0.15, 0.2) is 29.7 Å².